The molecule has 1 heterocycles. The second-order valence-electron chi connectivity index (χ2n) is 7.12. The van der Waals surface area contributed by atoms with Crippen LogP contribution in [-0.4, -0.2) is 30.1 Å². The fourth-order valence-electron chi connectivity index (χ4n) is 4.08. The normalized spacial score (nSPS) is 25.9. The van der Waals surface area contributed by atoms with Crippen LogP contribution in [0.3, 0.4) is 0 Å². The van der Waals surface area contributed by atoms with Gasteiger partial charge in [-0.3, -0.25) is 4.90 Å². The van der Waals surface area contributed by atoms with Gasteiger partial charge in [0.05, 0.1) is 6.04 Å². The number of nitrogens with two attached hydrogens (primary N) is 1. The third-order valence-electron chi connectivity index (χ3n) is 5.30. The lowest BCUT2D eigenvalue weighted by atomic mass is 10.0. The van der Waals surface area contributed by atoms with Crippen LogP contribution in [0.25, 0.3) is 0 Å². The van der Waals surface area contributed by atoms with E-state index in [1.54, 1.807) is 18.2 Å². The molecule has 2 aromatic carbocycles. The molecule has 0 bridgehead atoms. The Hall–Kier alpha value is -1.33. The van der Waals surface area contributed by atoms with Crippen molar-refractivity contribution in [2.75, 3.05) is 13.1 Å². The van der Waals surface area contributed by atoms with Crippen LogP contribution in [-0.2, 0) is 6.42 Å². The minimum absolute atomic E-state index is 0.136. The molecule has 1 saturated heterocycles. The topological polar surface area (TPSA) is 38.5 Å². The van der Waals surface area contributed by atoms with Crippen molar-refractivity contribution in [3.63, 3.8) is 0 Å². The number of piperidine rings is 1. The highest BCUT2D eigenvalue weighted by Gasteiger charge is 2.40. The van der Waals surface area contributed by atoms with Crippen LogP contribution >= 0.6 is 23.2 Å². The molecule has 0 radical (unpaired) electrons. The number of ether oxygens (including phenoxy) is 1. The second kappa shape index (κ2) is 7.35. The molecule has 2 aliphatic rings. The van der Waals surface area contributed by atoms with Gasteiger partial charge in [0.25, 0.3) is 0 Å². The Morgan fingerprint density at radius 2 is 1.92 bits per heavy atom. The quantitative estimate of drug-likeness (QED) is 0.826. The number of hydrogen-bond acceptors (Lipinski definition) is 3. The number of fused-ring (bicyclic) bond motifs is 1. The van der Waals surface area contributed by atoms with E-state index in [0.717, 1.165) is 43.5 Å². The lowest BCUT2D eigenvalue weighted by Gasteiger charge is -2.38. The van der Waals surface area contributed by atoms with Crippen LogP contribution in [0.5, 0.6) is 5.75 Å². The van der Waals surface area contributed by atoms with Crippen LogP contribution in [0.1, 0.15) is 30.1 Å². The molecule has 4 rings (SSSR count). The number of likely N-dealkylation sites (tertiary alicyclic amines) is 1. The van der Waals surface area contributed by atoms with Gasteiger partial charge in [-0.2, -0.15) is 0 Å². The highest BCUT2D eigenvalue weighted by molar-refractivity contribution is 6.35. The monoisotopic (exact) mass is 394 g/mol. The summed E-state index contributed by atoms with van der Waals surface area (Å²) in [5, 5.41) is 1.27. The predicted octanol–water partition coefficient (Wildman–Crippen LogP) is 4.60. The summed E-state index contributed by atoms with van der Waals surface area (Å²) in [5.41, 5.74) is 8.28. The van der Waals surface area contributed by atoms with Crippen molar-refractivity contribution in [2.45, 2.75) is 37.5 Å². The Morgan fingerprint density at radius 3 is 2.65 bits per heavy atom. The molecule has 0 saturated carbocycles. The predicted molar refractivity (Wildman–Crippen MR) is 103 cm³/mol. The Kier molecular flexibility index (Phi) is 5.11. The molecule has 2 N–H and O–H groups in total. The number of benzene rings is 2. The first-order valence-electron chi connectivity index (χ1n) is 8.91. The Morgan fingerprint density at radius 1 is 1.15 bits per heavy atom. The highest BCUT2D eigenvalue weighted by atomic mass is 35.5. The number of halogens is 3. The maximum Gasteiger partial charge on any atom is 0.140 e. The average molecular weight is 395 g/mol. The summed E-state index contributed by atoms with van der Waals surface area (Å²) in [5.74, 6) is 0.348. The summed E-state index contributed by atoms with van der Waals surface area (Å²) in [6.45, 7) is 1.83. The molecule has 3 nitrogen and oxygen atoms in total. The largest absolute Gasteiger partial charge is 0.484 e. The first-order valence-corrected chi connectivity index (χ1v) is 9.66. The summed E-state index contributed by atoms with van der Waals surface area (Å²) in [6.07, 6.45) is 2.71. The molecule has 138 valence electrons. The maximum atomic E-state index is 13.2. The molecule has 3 atom stereocenters. The van der Waals surface area contributed by atoms with Gasteiger partial charge < -0.3 is 10.5 Å². The van der Waals surface area contributed by atoms with Crippen LogP contribution in [0.2, 0.25) is 10.0 Å². The van der Waals surface area contributed by atoms with Crippen molar-refractivity contribution >= 4 is 23.2 Å². The van der Waals surface area contributed by atoms with Gasteiger partial charge in [0, 0.05) is 28.2 Å². The number of hydrogen-bond donors (Lipinski definition) is 1. The van der Waals surface area contributed by atoms with Crippen molar-refractivity contribution in [3.05, 3.63) is 63.4 Å². The third-order valence-corrected chi connectivity index (χ3v) is 5.85. The van der Waals surface area contributed by atoms with Crippen LogP contribution in [0.4, 0.5) is 4.39 Å². The van der Waals surface area contributed by atoms with Gasteiger partial charge in [-0.25, -0.2) is 4.39 Å². The molecule has 6 heteroatoms. The third kappa shape index (κ3) is 3.56. The molecule has 2 aromatic rings. The van der Waals surface area contributed by atoms with E-state index in [4.69, 9.17) is 33.7 Å². The van der Waals surface area contributed by atoms with Gasteiger partial charge in [-0.1, -0.05) is 23.2 Å². The van der Waals surface area contributed by atoms with Gasteiger partial charge in [-0.05, 0) is 67.8 Å². The van der Waals surface area contributed by atoms with Gasteiger partial charge >= 0.3 is 0 Å². The molecule has 26 heavy (non-hydrogen) atoms. The fourth-order valence-corrected chi connectivity index (χ4v) is 4.67. The van der Waals surface area contributed by atoms with Crippen molar-refractivity contribution in [2.24, 2.45) is 5.73 Å². The molecule has 3 unspecified atom stereocenters. The molecular formula is C20H21Cl2FN2O. The van der Waals surface area contributed by atoms with Gasteiger partial charge in [0.2, 0.25) is 0 Å². The lowest BCUT2D eigenvalue weighted by molar-refractivity contribution is 0.0593. The van der Waals surface area contributed by atoms with Crippen molar-refractivity contribution in [1.29, 1.82) is 0 Å². The van der Waals surface area contributed by atoms with E-state index < -0.39 is 0 Å². The molecule has 1 aliphatic heterocycles. The second-order valence-corrected chi connectivity index (χ2v) is 7.96. The first-order chi connectivity index (χ1) is 12.5. The lowest BCUT2D eigenvalue weighted by Crippen LogP contribution is -2.49. The minimum Gasteiger partial charge on any atom is -0.484 e. The van der Waals surface area contributed by atoms with E-state index in [-0.39, 0.29) is 24.0 Å². The van der Waals surface area contributed by atoms with Gasteiger partial charge in [0.15, 0.2) is 0 Å². The molecule has 0 aromatic heterocycles. The molecule has 1 fully saturated rings. The minimum atomic E-state index is -0.284. The van der Waals surface area contributed by atoms with Gasteiger partial charge in [-0.15, -0.1) is 0 Å². The Bertz CT molecular complexity index is 799. The van der Waals surface area contributed by atoms with Crippen LogP contribution in [0, 0.1) is 5.82 Å². The van der Waals surface area contributed by atoms with E-state index in [1.807, 2.05) is 6.07 Å². The zero-order valence-corrected chi connectivity index (χ0v) is 15.8. The summed E-state index contributed by atoms with van der Waals surface area (Å²) in [6, 6.07) is 10.1. The first kappa shape index (κ1) is 18.1. The SMILES string of the molecule is NC1CCCN(C2Cc3c(Cl)cc(Cl)cc3C2Oc2ccc(F)cc2)C1. The van der Waals surface area contributed by atoms with Crippen LogP contribution in [0.15, 0.2) is 36.4 Å². The zero-order chi connectivity index (χ0) is 18.3. The zero-order valence-electron chi connectivity index (χ0n) is 14.3. The number of nitrogens with zero attached hydrogens (tertiary/aromatic N) is 1. The highest BCUT2D eigenvalue weighted by Crippen LogP contribution is 2.43. The summed E-state index contributed by atoms with van der Waals surface area (Å²) < 4.78 is 19.5. The van der Waals surface area contributed by atoms with E-state index in [9.17, 15) is 4.39 Å². The molecule has 0 amide bonds. The smallest absolute Gasteiger partial charge is 0.140 e. The summed E-state index contributed by atoms with van der Waals surface area (Å²) in [7, 11) is 0. The molecule has 0 spiro atoms. The van der Waals surface area contributed by atoms with E-state index in [0.29, 0.717) is 15.8 Å². The van der Waals surface area contributed by atoms with Gasteiger partial charge in [0.1, 0.15) is 17.7 Å². The summed E-state index contributed by atoms with van der Waals surface area (Å²) >= 11 is 12.7. The van der Waals surface area contributed by atoms with E-state index in [2.05, 4.69) is 4.90 Å². The van der Waals surface area contributed by atoms with Crippen molar-refractivity contribution in [3.8, 4) is 5.75 Å². The van der Waals surface area contributed by atoms with Crippen molar-refractivity contribution < 1.29 is 9.13 Å². The van der Waals surface area contributed by atoms with E-state index in [1.165, 1.54) is 12.1 Å². The molecule has 1 aliphatic carbocycles. The molecular weight excluding hydrogens is 374 g/mol. The standard InChI is InChI=1S/C20H21Cl2FN2O/c21-12-8-17-16(18(22)9-12)10-19(25-7-1-2-14(24)11-25)20(17)26-15-5-3-13(23)4-6-15/h3-6,8-9,14,19-20H,1-2,7,10-11,24H2. The Balaban J connectivity index is 1.68. The number of rotatable bonds is 3. The average Bonchev–Trinajstić information content (AvgIpc) is 2.96. The van der Waals surface area contributed by atoms with Crippen LogP contribution < -0.4 is 10.5 Å². The van der Waals surface area contributed by atoms with E-state index >= 15 is 0 Å². The summed E-state index contributed by atoms with van der Waals surface area (Å²) in [4.78, 5) is 2.40. The Labute approximate surface area is 162 Å². The maximum absolute atomic E-state index is 13.2. The van der Waals surface area contributed by atoms with Crippen molar-refractivity contribution in [1.82, 2.24) is 4.90 Å². The fraction of sp³-hybridized carbons (Fsp3) is 0.400.